The van der Waals surface area contributed by atoms with E-state index in [2.05, 4.69) is 31.0 Å². The molecule has 0 atom stereocenters. The number of nitrogens with zero attached hydrogens (tertiary/aromatic N) is 4. The van der Waals surface area contributed by atoms with Crippen molar-refractivity contribution < 1.29 is 0 Å². The summed E-state index contributed by atoms with van der Waals surface area (Å²) in [6.45, 7) is 0. The summed E-state index contributed by atoms with van der Waals surface area (Å²) in [5, 5.41) is 4.46. The van der Waals surface area contributed by atoms with Crippen LogP contribution in [0.2, 0.25) is 0 Å². The van der Waals surface area contributed by atoms with Crippen LogP contribution < -0.4 is 5.73 Å². The average molecular weight is 316 g/mol. The van der Waals surface area contributed by atoms with E-state index in [-0.39, 0.29) is 0 Å². The summed E-state index contributed by atoms with van der Waals surface area (Å²) < 4.78 is 2.71. The van der Waals surface area contributed by atoms with Crippen LogP contribution in [0.1, 0.15) is 0 Å². The number of benzene rings is 1. The van der Waals surface area contributed by atoms with Crippen molar-refractivity contribution in [2.75, 3.05) is 5.73 Å². The summed E-state index contributed by atoms with van der Waals surface area (Å²) in [7, 11) is 0. The van der Waals surface area contributed by atoms with E-state index in [0.717, 1.165) is 10.2 Å². The lowest BCUT2D eigenvalue weighted by Gasteiger charge is -2.01. The van der Waals surface area contributed by atoms with E-state index in [1.165, 1.54) is 0 Å². The molecular weight excluding hydrogens is 306 g/mol. The molecule has 94 valence electrons. The van der Waals surface area contributed by atoms with Gasteiger partial charge in [-0.05, 0) is 18.2 Å². The molecule has 0 unspecified atom stereocenters. The Hall–Kier alpha value is -2.21. The number of hydrogen-bond donors (Lipinski definition) is 1. The van der Waals surface area contributed by atoms with Gasteiger partial charge in [0.1, 0.15) is 11.4 Å². The van der Waals surface area contributed by atoms with Crippen LogP contribution >= 0.6 is 15.9 Å². The predicted molar refractivity (Wildman–Crippen MR) is 76.7 cm³/mol. The molecule has 5 nitrogen and oxygen atoms in total. The van der Waals surface area contributed by atoms with Crippen molar-refractivity contribution in [1.29, 1.82) is 0 Å². The fourth-order valence-electron chi connectivity index (χ4n) is 1.76. The first-order chi connectivity index (χ1) is 9.24. The van der Waals surface area contributed by atoms with Crippen LogP contribution in [0, 0.1) is 0 Å². The third-order valence-corrected chi connectivity index (χ3v) is 3.11. The number of anilines is 1. The van der Waals surface area contributed by atoms with Crippen LogP contribution in [0.15, 0.2) is 53.5 Å². The average Bonchev–Trinajstić information content (AvgIpc) is 2.82. The lowest BCUT2D eigenvalue weighted by atomic mass is 10.3. The molecular formula is C13H10BrN5. The molecule has 0 fully saturated rings. The van der Waals surface area contributed by atoms with Crippen molar-refractivity contribution >= 4 is 21.6 Å². The molecule has 2 N–H and O–H groups in total. The third kappa shape index (κ3) is 2.34. The summed E-state index contributed by atoms with van der Waals surface area (Å²) in [5.74, 6) is 0. The highest BCUT2D eigenvalue weighted by atomic mass is 79.9. The summed E-state index contributed by atoms with van der Waals surface area (Å²) >= 11 is 3.43. The van der Waals surface area contributed by atoms with Gasteiger partial charge in [-0.3, -0.25) is 9.97 Å². The smallest absolute Gasteiger partial charge is 0.136 e. The SMILES string of the molecule is Nc1cn(-c2cccc(Br)c2)nc1-c1cnccn1. The van der Waals surface area contributed by atoms with Gasteiger partial charge in [0, 0.05) is 16.9 Å². The fraction of sp³-hybridized carbons (Fsp3) is 0. The van der Waals surface area contributed by atoms with Crippen molar-refractivity contribution in [1.82, 2.24) is 19.7 Å². The van der Waals surface area contributed by atoms with E-state index in [1.54, 1.807) is 29.5 Å². The van der Waals surface area contributed by atoms with Crippen LogP contribution in [-0.4, -0.2) is 19.7 Å². The van der Waals surface area contributed by atoms with Crippen molar-refractivity contribution in [2.24, 2.45) is 0 Å². The number of hydrogen-bond acceptors (Lipinski definition) is 4. The Bertz CT molecular complexity index is 708. The lowest BCUT2D eigenvalue weighted by Crippen LogP contribution is -1.95. The zero-order valence-corrected chi connectivity index (χ0v) is 11.4. The van der Waals surface area contributed by atoms with Gasteiger partial charge in [-0.25, -0.2) is 4.68 Å². The van der Waals surface area contributed by atoms with Gasteiger partial charge in [-0.15, -0.1) is 0 Å². The molecule has 3 rings (SSSR count). The van der Waals surface area contributed by atoms with E-state index in [1.807, 2.05) is 24.3 Å². The van der Waals surface area contributed by atoms with Crippen LogP contribution in [0.3, 0.4) is 0 Å². The zero-order valence-electron chi connectivity index (χ0n) is 9.86. The molecule has 0 spiro atoms. The maximum atomic E-state index is 5.99. The largest absolute Gasteiger partial charge is 0.396 e. The normalized spacial score (nSPS) is 10.6. The van der Waals surface area contributed by atoms with Gasteiger partial charge in [0.05, 0.1) is 23.8 Å². The highest BCUT2D eigenvalue weighted by molar-refractivity contribution is 9.10. The highest BCUT2D eigenvalue weighted by Gasteiger charge is 2.10. The minimum Gasteiger partial charge on any atom is -0.396 e. The molecule has 0 bridgehead atoms. The Balaban J connectivity index is 2.07. The Morgan fingerprint density at radius 2 is 2.11 bits per heavy atom. The van der Waals surface area contributed by atoms with Gasteiger partial charge >= 0.3 is 0 Å². The zero-order chi connectivity index (χ0) is 13.2. The van der Waals surface area contributed by atoms with E-state index in [4.69, 9.17) is 5.73 Å². The molecule has 2 aromatic heterocycles. The monoisotopic (exact) mass is 315 g/mol. The Morgan fingerprint density at radius 1 is 1.21 bits per heavy atom. The molecule has 0 saturated heterocycles. The quantitative estimate of drug-likeness (QED) is 0.789. The van der Waals surface area contributed by atoms with Gasteiger partial charge < -0.3 is 5.73 Å². The Labute approximate surface area is 118 Å². The summed E-state index contributed by atoms with van der Waals surface area (Å²) in [6, 6.07) is 7.82. The Morgan fingerprint density at radius 3 is 2.84 bits per heavy atom. The molecule has 3 aromatic rings. The second-order valence-electron chi connectivity index (χ2n) is 3.95. The maximum Gasteiger partial charge on any atom is 0.136 e. The predicted octanol–water partition coefficient (Wildman–Crippen LogP) is 2.67. The molecule has 0 radical (unpaired) electrons. The number of aromatic nitrogens is 4. The van der Waals surface area contributed by atoms with Crippen molar-refractivity contribution in [2.45, 2.75) is 0 Å². The molecule has 0 amide bonds. The minimum absolute atomic E-state index is 0.570. The van der Waals surface area contributed by atoms with Crippen LogP contribution in [0.5, 0.6) is 0 Å². The fourth-order valence-corrected chi connectivity index (χ4v) is 2.15. The van der Waals surface area contributed by atoms with Gasteiger partial charge in [-0.1, -0.05) is 22.0 Å². The molecule has 2 heterocycles. The van der Waals surface area contributed by atoms with E-state index in [9.17, 15) is 0 Å². The molecule has 6 heteroatoms. The van der Waals surface area contributed by atoms with Crippen LogP contribution in [0.25, 0.3) is 17.1 Å². The molecule has 1 aromatic carbocycles. The van der Waals surface area contributed by atoms with Crippen LogP contribution in [0.4, 0.5) is 5.69 Å². The third-order valence-electron chi connectivity index (χ3n) is 2.62. The molecule has 0 aliphatic carbocycles. The second kappa shape index (κ2) is 4.81. The standard InChI is InChI=1S/C13H10BrN5/c14-9-2-1-3-10(6-9)19-8-11(15)13(18-19)12-7-16-4-5-17-12/h1-8H,15H2. The van der Waals surface area contributed by atoms with Gasteiger partial charge in [0.15, 0.2) is 0 Å². The lowest BCUT2D eigenvalue weighted by molar-refractivity contribution is 0.881. The van der Waals surface area contributed by atoms with Crippen molar-refractivity contribution in [3.8, 4) is 17.1 Å². The number of halogens is 1. The molecule has 0 aliphatic rings. The maximum absolute atomic E-state index is 5.99. The van der Waals surface area contributed by atoms with E-state index < -0.39 is 0 Å². The first kappa shape index (κ1) is 11.9. The first-order valence-corrected chi connectivity index (χ1v) is 6.41. The van der Waals surface area contributed by atoms with Gasteiger partial charge in [0.2, 0.25) is 0 Å². The number of nitrogens with two attached hydrogens (primary N) is 1. The number of nitrogen functional groups attached to an aromatic ring is 1. The summed E-state index contributed by atoms with van der Waals surface area (Å²) in [5.41, 5.74) is 8.78. The van der Waals surface area contributed by atoms with Crippen molar-refractivity contribution in [3.63, 3.8) is 0 Å². The second-order valence-corrected chi connectivity index (χ2v) is 4.86. The highest BCUT2D eigenvalue weighted by Crippen LogP contribution is 2.23. The van der Waals surface area contributed by atoms with Gasteiger partial charge in [0.25, 0.3) is 0 Å². The summed E-state index contributed by atoms with van der Waals surface area (Å²) in [4.78, 5) is 8.23. The Kier molecular flexibility index (Phi) is 3.00. The van der Waals surface area contributed by atoms with Crippen molar-refractivity contribution in [3.05, 3.63) is 53.5 Å². The summed E-state index contributed by atoms with van der Waals surface area (Å²) in [6.07, 6.45) is 6.65. The number of rotatable bonds is 2. The molecule has 0 aliphatic heterocycles. The minimum atomic E-state index is 0.570. The first-order valence-electron chi connectivity index (χ1n) is 5.61. The van der Waals surface area contributed by atoms with Crippen LogP contribution in [-0.2, 0) is 0 Å². The molecule has 0 saturated carbocycles. The van der Waals surface area contributed by atoms with Gasteiger partial charge in [-0.2, -0.15) is 5.10 Å². The van der Waals surface area contributed by atoms with E-state index >= 15 is 0 Å². The van der Waals surface area contributed by atoms with E-state index in [0.29, 0.717) is 17.1 Å². The topological polar surface area (TPSA) is 69.6 Å². The molecule has 19 heavy (non-hydrogen) atoms.